The molecule has 14 heteroatoms. The standard InChI is InChI=1S/C23H34N4O3Si.C17H20N4O2/c1-5-30-22(28)21-25-23(27(26-21)15-29-12-13-31(2,3)4)24-20-18-10-6-8-16(18)14-17-9-7-11-19(17)20;1-2-23-16(22)15-19-17(21-20-15)18-14-12-7-3-5-10(12)9-11-6-4-8-13(11)14/h14H,5-13,15H2,1-4H3,(H,24,25,26);9H,2-8H2,1H3,(H2,18,19,20,21). The van der Waals surface area contributed by atoms with Gasteiger partial charge < -0.3 is 29.8 Å². The lowest BCUT2D eigenvalue weighted by atomic mass is 9.99. The van der Waals surface area contributed by atoms with E-state index in [-0.39, 0.29) is 18.4 Å². The summed E-state index contributed by atoms with van der Waals surface area (Å²) in [7, 11) is -1.18. The van der Waals surface area contributed by atoms with Crippen molar-refractivity contribution in [1.82, 2.24) is 29.9 Å². The molecule has 0 radical (unpaired) electrons. The van der Waals surface area contributed by atoms with Crippen molar-refractivity contribution < 1.29 is 23.8 Å². The van der Waals surface area contributed by atoms with Crippen LogP contribution in [0.2, 0.25) is 25.7 Å². The highest BCUT2D eigenvalue weighted by molar-refractivity contribution is 6.76. The maximum atomic E-state index is 12.3. The molecule has 0 unspecified atom stereocenters. The number of carbonyl (C=O) groups is 2. The molecule has 2 aromatic heterocycles. The van der Waals surface area contributed by atoms with Crippen molar-refractivity contribution in [2.45, 2.75) is 123 Å². The third-order valence-electron chi connectivity index (χ3n) is 10.7. The van der Waals surface area contributed by atoms with Crippen LogP contribution in [0, 0.1) is 0 Å². The minimum Gasteiger partial charge on any atom is -0.460 e. The number of ether oxygens (including phenoxy) is 3. The molecule has 4 aliphatic rings. The average molecular weight is 755 g/mol. The minimum atomic E-state index is -1.18. The Morgan fingerprint density at radius 2 is 1.26 bits per heavy atom. The maximum absolute atomic E-state index is 12.3. The molecule has 0 spiro atoms. The molecule has 4 aliphatic carbocycles. The molecule has 13 nitrogen and oxygen atoms in total. The first kappa shape index (κ1) is 37.7. The average Bonchev–Trinajstić information content (AvgIpc) is 3.99. The van der Waals surface area contributed by atoms with Gasteiger partial charge in [-0.2, -0.15) is 4.98 Å². The summed E-state index contributed by atoms with van der Waals surface area (Å²) in [5.74, 6) is 0.278. The largest absolute Gasteiger partial charge is 0.460 e. The molecule has 8 rings (SSSR count). The Kier molecular flexibility index (Phi) is 11.5. The molecule has 0 amide bonds. The van der Waals surface area contributed by atoms with Gasteiger partial charge in [-0.05, 0) is 141 Å². The van der Waals surface area contributed by atoms with Crippen LogP contribution in [0.3, 0.4) is 0 Å². The molecule has 2 heterocycles. The first-order valence-corrected chi connectivity index (χ1v) is 23.5. The fourth-order valence-electron chi connectivity index (χ4n) is 8.11. The van der Waals surface area contributed by atoms with Crippen LogP contribution in [0.15, 0.2) is 12.1 Å². The van der Waals surface area contributed by atoms with Gasteiger partial charge in [-0.25, -0.2) is 14.3 Å². The van der Waals surface area contributed by atoms with Crippen LogP contribution < -0.4 is 10.6 Å². The predicted molar refractivity (Wildman–Crippen MR) is 210 cm³/mol. The van der Waals surface area contributed by atoms with E-state index in [1.165, 1.54) is 81.6 Å². The van der Waals surface area contributed by atoms with Gasteiger partial charge in [0, 0.05) is 26.1 Å². The first-order valence-electron chi connectivity index (χ1n) is 19.8. The minimum absolute atomic E-state index is 0.0716. The maximum Gasteiger partial charge on any atom is 0.378 e. The molecule has 288 valence electrons. The van der Waals surface area contributed by atoms with E-state index >= 15 is 0 Å². The number of rotatable bonds is 13. The predicted octanol–water partition coefficient (Wildman–Crippen LogP) is 7.19. The van der Waals surface area contributed by atoms with Crippen molar-refractivity contribution in [2.24, 2.45) is 0 Å². The fraction of sp³-hybridized carbons (Fsp3) is 0.550. The van der Waals surface area contributed by atoms with E-state index in [2.05, 4.69) is 67.7 Å². The summed E-state index contributed by atoms with van der Waals surface area (Å²) in [6.07, 6.45) is 13.7. The van der Waals surface area contributed by atoms with Crippen LogP contribution in [-0.4, -0.2) is 69.8 Å². The van der Waals surface area contributed by atoms with Gasteiger partial charge in [0.15, 0.2) is 0 Å². The zero-order chi connectivity index (χ0) is 37.8. The summed E-state index contributed by atoms with van der Waals surface area (Å²) < 4.78 is 17.6. The first-order chi connectivity index (χ1) is 26.1. The molecule has 2 aromatic carbocycles. The second-order valence-electron chi connectivity index (χ2n) is 15.8. The summed E-state index contributed by atoms with van der Waals surface area (Å²) in [6, 6.07) is 5.87. The van der Waals surface area contributed by atoms with Crippen molar-refractivity contribution >= 4 is 43.3 Å². The molecular formula is C40H54N8O5Si. The van der Waals surface area contributed by atoms with Crippen molar-refractivity contribution in [3.05, 3.63) is 68.3 Å². The molecule has 3 N–H and O–H groups in total. The van der Waals surface area contributed by atoms with E-state index in [9.17, 15) is 9.59 Å². The Morgan fingerprint density at radius 1 is 0.741 bits per heavy atom. The zero-order valence-corrected chi connectivity index (χ0v) is 33.5. The Bertz CT molecular complexity index is 1950. The van der Waals surface area contributed by atoms with Gasteiger partial charge in [0.05, 0.1) is 13.2 Å². The van der Waals surface area contributed by atoms with Crippen LogP contribution in [0.25, 0.3) is 0 Å². The monoisotopic (exact) mass is 754 g/mol. The van der Waals surface area contributed by atoms with Gasteiger partial charge in [0.1, 0.15) is 6.73 Å². The Morgan fingerprint density at radius 3 is 1.78 bits per heavy atom. The van der Waals surface area contributed by atoms with E-state index in [1.54, 1.807) is 18.5 Å². The molecule has 0 atom stereocenters. The Balaban J connectivity index is 0.000000174. The number of carbonyl (C=O) groups excluding carboxylic acids is 2. The topological polar surface area (TPSA) is 158 Å². The summed E-state index contributed by atoms with van der Waals surface area (Å²) >= 11 is 0. The van der Waals surface area contributed by atoms with Gasteiger partial charge in [0.2, 0.25) is 17.7 Å². The molecule has 0 fully saturated rings. The molecule has 0 bridgehead atoms. The van der Waals surface area contributed by atoms with Crippen molar-refractivity contribution in [1.29, 1.82) is 0 Å². The third-order valence-corrected chi connectivity index (χ3v) is 12.4. The third kappa shape index (κ3) is 8.39. The van der Waals surface area contributed by atoms with E-state index in [1.807, 2.05) is 0 Å². The lowest BCUT2D eigenvalue weighted by molar-refractivity contribution is 0.0499. The fourth-order valence-corrected chi connectivity index (χ4v) is 8.87. The Labute approximate surface area is 318 Å². The number of fused-ring (bicyclic) bond motifs is 4. The van der Waals surface area contributed by atoms with Gasteiger partial charge in [0.25, 0.3) is 5.82 Å². The second-order valence-corrected chi connectivity index (χ2v) is 21.4. The number of H-pyrrole nitrogens is 1. The van der Waals surface area contributed by atoms with Crippen LogP contribution in [-0.2, 0) is 72.3 Å². The van der Waals surface area contributed by atoms with Gasteiger partial charge >= 0.3 is 11.9 Å². The summed E-state index contributed by atoms with van der Waals surface area (Å²) in [4.78, 5) is 31.4. The van der Waals surface area contributed by atoms with Crippen molar-refractivity contribution in [3.8, 4) is 0 Å². The van der Waals surface area contributed by atoms with Crippen LogP contribution >= 0.6 is 0 Å². The van der Waals surface area contributed by atoms with Crippen molar-refractivity contribution in [3.63, 3.8) is 0 Å². The van der Waals surface area contributed by atoms with E-state index < -0.39 is 20.0 Å². The summed E-state index contributed by atoms with van der Waals surface area (Å²) in [6.45, 7) is 12.1. The number of aromatic amines is 1. The number of aromatic nitrogens is 6. The highest BCUT2D eigenvalue weighted by Crippen LogP contribution is 2.41. The number of benzene rings is 2. The van der Waals surface area contributed by atoms with Crippen LogP contribution in [0.1, 0.15) is 105 Å². The van der Waals surface area contributed by atoms with Gasteiger partial charge in [-0.1, -0.05) is 31.8 Å². The van der Waals surface area contributed by atoms with Crippen LogP contribution in [0.5, 0.6) is 0 Å². The van der Waals surface area contributed by atoms with Gasteiger partial charge in [-0.3, -0.25) is 0 Å². The lowest BCUT2D eigenvalue weighted by Gasteiger charge is -2.18. The number of hydrogen-bond donors (Lipinski definition) is 3. The molecular weight excluding hydrogens is 701 g/mol. The highest BCUT2D eigenvalue weighted by atomic mass is 28.3. The van der Waals surface area contributed by atoms with E-state index in [0.29, 0.717) is 31.7 Å². The van der Waals surface area contributed by atoms with Crippen molar-refractivity contribution in [2.75, 3.05) is 30.5 Å². The summed E-state index contributed by atoms with van der Waals surface area (Å²) in [5.41, 5.74) is 13.8. The molecule has 54 heavy (non-hydrogen) atoms. The SMILES string of the molecule is CCOC(=O)c1nc(Nc2c3c(cc4c2CCC4)CCC3)n(COCC[Si](C)(C)C)n1.CCOC(=O)c1nnc(Nc2c3c(cc4c2CCC4)CCC3)[nH]1. The lowest BCUT2D eigenvalue weighted by Crippen LogP contribution is -2.22. The Hall–Kier alpha value is -4.56. The zero-order valence-electron chi connectivity index (χ0n) is 32.5. The second kappa shape index (κ2) is 16.4. The number of hydrogen-bond acceptors (Lipinski definition) is 11. The number of nitrogens with zero attached hydrogens (tertiary/aromatic N) is 5. The number of nitrogens with one attached hydrogen (secondary N) is 3. The quantitative estimate of drug-likeness (QED) is 0.0721. The number of aryl methyl sites for hydroxylation is 4. The molecule has 0 saturated carbocycles. The molecule has 4 aromatic rings. The number of anilines is 4. The van der Waals surface area contributed by atoms with E-state index in [4.69, 9.17) is 14.2 Å². The van der Waals surface area contributed by atoms with E-state index in [0.717, 1.165) is 57.4 Å². The van der Waals surface area contributed by atoms with Crippen LogP contribution in [0.4, 0.5) is 23.3 Å². The van der Waals surface area contributed by atoms with Gasteiger partial charge in [-0.15, -0.1) is 15.3 Å². The molecule has 0 aliphatic heterocycles. The molecule has 0 saturated heterocycles. The number of esters is 2. The smallest absolute Gasteiger partial charge is 0.378 e. The normalized spacial score (nSPS) is 15.2. The highest BCUT2D eigenvalue weighted by Gasteiger charge is 2.27. The summed E-state index contributed by atoms with van der Waals surface area (Å²) in [5, 5.41) is 19.3.